The number of fused-ring (bicyclic) bond motifs is 1. The van der Waals surface area contributed by atoms with Crippen LogP contribution < -0.4 is 10.1 Å². The zero-order chi connectivity index (χ0) is 18.4. The largest absolute Gasteiger partial charge is 0.497 e. The number of hydrogen-bond donors (Lipinski definition) is 2. The van der Waals surface area contributed by atoms with Gasteiger partial charge in [0.1, 0.15) is 5.75 Å². The first-order valence-corrected chi connectivity index (χ1v) is 9.05. The lowest BCUT2D eigenvalue weighted by Crippen LogP contribution is -2.38. The van der Waals surface area contributed by atoms with Crippen molar-refractivity contribution in [2.45, 2.75) is 25.5 Å². The molecule has 1 atom stereocenters. The van der Waals surface area contributed by atoms with Crippen molar-refractivity contribution in [3.05, 3.63) is 65.2 Å². The highest BCUT2D eigenvalue weighted by molar-refractivity contribution is 5.94. The second-order valence-electron chi connectivity index (χ2n) is 6.68. The average Bonchev–Trinajstić information content (AvgIpc) is 2.68. The Labute approximate surface area is 154 Å². The van der Waals surface area contributed by atoms with E-state index in [1.165, 1.54) is 11.1 Å². The fourth-order valence-corrected chi connectivity index (χ4v) is 3.30. The highest BCUT2D eigenvalue weighted by Crippen LogP contribution is 2.18. The summed E-state index contributed by atoms with van der Waals surface area (Å²) in [6.07, 6.45) is 1.12. The third-order valence-corrected chi connectivity index (χ3v) is 4.79. The maximum absolute atomic E-state index is 12.1. The molecule has 5 heteroatoms. The number of ether oxygens (including phenoxy) is 1. The summed E-state index contributed by atoms with van der Waals surface area (Å²) >= 11 is 0. The van der Waals surface area contributed by atoms with Gasteiger partial charge in [0.05, 0.1) is 13.2 Å². The van der Waals surface area contributed by atoms with Crippen molar-refractivity contribution in [1.82, 2.24) is 10.2 Å². The first kappa shape index (κ1) is 18.4. The minimum atomic E-state index is -0.448. The molecule has 3 rings (SSSR count). The Kier molecular flexibility index (Phi) is 6.26. The SMILES string of the molecule is COc1ccc(C(=O)NCCC(O)CN2CCc3ccccc3C2)cc1. The molecule has 1 aliphatic heterocycles. The topological polar surface area (TPSA) is 61.8 Å². The van der Waals surface area contributed by atoms with E-state index in [0.717, 1.165) is 25.3 Å². The monoisotopic (exact) mass is 354 g/mol. The van der Waals surface area contributed by atoms with Gasteiger partial charge >= 0.3 is 0 Å². The van der Waals surface area contributed by atoms with Crippen molar-refractivity contribution in [2.75, 3.05) is 26.7 Å². The number of carbonyl (C=O) groups is 1. The molecule has 0 aromatic heterocycles. The number of amides is 1. The summed E-state index contributed by atoms with van der Waals surface area (Å²) in [6, 6.07) is 15.5. The predicted molar refractivity (Wildman–Crippen MR) is 101 cm³/mol. The number of hydrogen-bond acceptors (Lipinski definition) is 4. The quantitative estimate of drug-likeness (QED) is 0.800. The van der Waals surface area contributed by atoms with E-state index in [-0.39, 0.29) is 5.91 Å². The number of carbonyl (C=O) groups excluding carboxylic acids is 1. The van der Waals surface area contributed by atoms with Gasteiger partial charge in [-0.25, -0.2) is 0 Å². The standard InChI is InChI=1S/C21H26N2O3/c1-26-20-8-6-17(7-9-20)21(25)22-12-10-19(24)15-23-13-11-16-4-2-3-5-18(16)14-23/h2-9,19,24H,10-15H2,1H3,(H,22,25). The minimum Gasteiger partial charge on any atom is -0.497 e. The van der Waals surface area contributed by atoms with Crippen molar-refractivity contribution < 1.29 is 14.6 Å². The fraction of sp³-hybridized carbons (Fsp3) is 0.381. The maximum Gasteiger partial charge on any atom is 0.251 e. The molecule has 138 valence electrons. The van der Waals surface area contributed by atoms with Crippen molar-refractivity contribution in [2.24, 2.45) is 0 Å². The van der Waals surface area contributed by atoms with Gasteiger partial charge in [0.25, 0.3) is 5.91 Å². The van der Waals surface area contributed by atoms with Crippen LogP contribution >= 0.6 is 0 Å². The summed E-state index contributed by atoms with van der Waals surface area (Å²) in [4.78, 5) is 14.4. The highest BCUT2D eigenvalue weighted by Gasteiger charge is 2.18. The number of β-amino-alcohol motifs (C(OH)–C–C–N with tert-alkyl or cyclic N) is 1. The predicted octanol–water partition coefficient (Wildman–Crippen LogP) is 2.23. The lowest BCUT2D eigenvalue weighted by Gasteiger charge is -2.30. The van der Waals surface area contributed by atoms with Crippen LogP contribution in [0.4, 0.5) is 0 Å². The van der Waals surface area contributed by atoms with Gasteiger partial charge in [-0.2, -0.15) is 0 Å². The molecule has 1 aliphatic rings. The molecule has 1 amide bonds. The number of nitrogens with zero attached hydrogens (tertiary/aromatic N) is 1. The molecule has 2 aromatic carbocycles. The Hall–Kier alpha value is -2.37. The van der Waals surface area contributed by atoms with E-state index in [9.17, 15) is 9.90 Å². The van der Waals surface area contributed by atoms with Gasteiger partial charge in [-0.3, -0.25) is 9.69 Å². The number of methoxy groups -OCH3 is 1. The summed E-state index contributed by atoms with van der Waals surface area (Å²) in [6.45, 7) is 2.93. The number of nitrogens with one attached hydrogen (secondary N) is 1. The third-order valence-electron chi connectivity index (χ3n) is 4.79. The molecule has 0 fully saturated rings. The molecule has 0 aliphatic carbocycles. The molecule has 2 aromatic rings. The summed E-state index contributed by atoms with van der Waals surface area (Å²) in [5.74, 6) is 0.590. The summed E-state index contributed by atoms with van der Waals surface area (Å²) in [5, 5.41) is 13.2. The second kappa shape index (κ2) is 8.83. The molecule has 5 nitrogen and oxygen atoms in total. The molecule has 1 heterocycles. The van der Waals surface area contributed by atoms with Crippen LogP contribution in [0.15, 0.2) is 48.5 Å². The zero-order valence-corrected chi connectivity index (χ0v) is 15.1. The molecule has 0 saturated heterocycles. The first-order valence-electron chi connectivity index (χ1n) is 9.05. The van der Waals surface area contributed by atoms with E-state index in [2.05, 4.69) is 34.5 Å². The van der Waals surface area contributed by atoms with Crippen LogP contribution in [0.5, 0.6) is 5.75 Å². The smallest absolute Gasteiger partial charge is 0.251 e. The van der Waals surface area contributed by atoms with Gasteiger partial charge < -0.3 is 15.2 Å². The van der Waals surface area contributed by atoms with E-state index in [0.29, 0.717) is 25.1 Å². The molecule has 1 unspecified atom stereocenters. The summed E-state index contributed by atoms with van der Waals surface area (Å²) < 4.78 is 5.09. The molecule has 0 spiro atoms. The molecule has 2 N–H and O–H groups in total. The highest BCUT2D eigenvalue weighted by atomic mass is 16.5. The van der Waals surface area contributed by atoms with Crippen molar-refractivity contribution in [3.8, 4) is 5.75 Å². The number of aliphatic hydroxyl groups excluding tert-OH is 1. The van der Waals surface area contributed by atoms with Gasteiger partial charge in [-0.05, 0) is 48.2 Å². The molecular formula is C21H26N2O3. The Morgan fingerprint density at radius 3 is 2.65 bits per heavy atom. The minimum absolute atomic E-state index is 0.133. The Balaban J connectivity index is 1.40. The lowest BCUT2D eigenvalue weighted by atomic mass is 9.99. The van der Waals surface area contributed by atoms with E-state index in [4.69, 9.17) is 4.74 Å². The van der Waals surface area contributed by atoms with Crippen LogP contribution in [0.2, 0.25) is 0 Å². The lowest BCUT2D eigenvalue weighted by molar-refractivity contribution is 0.0892. The van der Waals surface area contributed by atoms with E-state index >= 15 is 0 Å². The van der Waals surface area contributed by atoms with Crippen molar-refractivity contribution in [1.29, 1.82) is 0 Å². The van der Waals surface area contributed by atoms with E-state index in [1.54, 1.807) is 31.4 Å². The van der Waals surface area contributed by atoms with Gasteiger partial charge in [0.2, 0.25) is 0 Å². The van der Waals surface area contributed by atoms with Crippen LogP contribution in [0.1, 0.15) is 27.9 Å². The number of rotatable bonds is 7. The summed E-state index contributed by atoms with van der Waals surface area (Å²) in [5.41, 5.74) is 3.34. The Morgan fingerprint density at radius 1 is 1.19 bits per heavy atom. The van der Waals surface area contributed by atoms with Gasteiger partial charge in [0.15, 0.2) is 0 Å². The normalized spacial score (nSPS) is 15.2. The zero-order valence-electron chi connectivity index (χ0n) is 15.1. The van der Waals surface area contributed by atoms with E-state index < -0.39 is 6.10 Å². The summed E-state index contributed by atoms with van der Waals surface area (Å²) in [7, 11) is 1.59. The Bertz CT molecular complexity index is 730. The maximum atomic E-state index is 12.1. The van der Waals surface area contributed by atoms with Gasteiger partial charge in [0, 0.05) is 31.7 Å². The molecule has 0 saturated carbocycles. The van der Waals surface area contributed by atoms with Crippen LogP contribution in [-0.2, 0) is 13.0 Å². The van der Waals surface area contributed by atoms with Crippen LogP contribution in [0.25, 0.3) is 0 Å². The third kappa shape index (κ3) is 4.84. The van der Waals surface area contributed by atoms with Crippen LogP contribution in [0.3, 0.4) is 0 Å². The first-order chi connectivity index (χ1) is 12.7. The van der Waals surface area contributed by atoms with Gasteiger partial charge in [-0.1, -0.05) is 24.3 Å². The van der Waals surface area contributed by atoms with Crippen molar-refractivity contribution >= 4 is 5.91 Å². The van der Waals surface area contributed by atoms with Gasteiger partial charge in [-0.15, -0.1) is 0 Å². The molecule has 26 heavy (non-hydrogen) atoms. The molecule has 0 radical (unpaired) electrons. The number of benzene rings is 2. The Morgan fingerprint density at radius 2 is 1.92 bits per heavy atom. The second-order valence-corrected chi connectivity index (χ2v) is 6.68. The molecular weight excluding hydrogens is 328 g/mol. The van der Waals surface area contributed by atoms with Crippen molar-refractivity contribution in [3.63, 3.8) is 0 Å². The molecule has 0 bridgehead atoms. The average molecular weight is 354 g/mol. The van der Waals surface area contributed by atoms with Crippen LogP contribution in [-0.4, -0.2) is 48.8 Å². The van der Waals surface area contributed by atoms with E-state index in [1.807, 2.05) is 0 Å². The fourth-order valence-electron chi connectivity index (χ4n) is 3.30. The number of aliphatic hydroxyl groups is 1. The van der Waals surface area contributed by atoms with Crippen LogP contribution in [0, 0.1) is 0 Å².